The van der Waals surface area contributed by atoms with Crippen molar-refractivity contribution < 1.29 is 4.42 Å². The summed E-state index contributed by atoms with van der Waals surface area (Å²) in [5.41, 5.74) is 16.6. The smallest absolute Gasteiger partial charge is 0.160 e. The summed E-state index contributed by atoms with van der Waals surface area (Å²) in [6.07, 6.45) is 0. The van der Waals surface area contributed by atoms with Gasteiger partial charge in [-0.15, -0.1) is 0 Å². The van der Waals surface area contributed by atoms with Gasteiger partial charge in [-0.1, -0.05) is 180 Å². The van der Waals surface area contributed by atoms with E-state index >= 15 is 0 Å². The molecule has 0 fully saturated rings. The molecular weight excluding hydrogens is 915 g/mol. The molecule has 4 heterocycles. The Hall–Kier alpha value is -8.27. The Morgan fingerprint density at radius 1 is 0.413 bits per heavy atom. The molecule has 0 amide bonds. The Morgan fingerprint density at radius 3 is 1.28 bits per heavy atom. The molecule has 0 aliphatic carbocycles. The Kier molecular flexibility index (Phi) is 10.7. The van der Waals surface area contributed by atoms with E-state index < -0.39 is 0 Å². The van der Waals surface area contributed by atoms with Crippen molar-refractivity contribution in [3.8, 4) is 51.3 Å². The van der Waals surface area contributed by atoms with Crippen LogP contribution in [0.1, 0.15) is 111 Å². The zero-order chi connectivity index (χ0) is 52.5. The third-order valence-electron chi connectivity index (χ3n) is 15.4. The number of nitriles is 1. The van der Waals surface area contributed by atoms with Crippen LogP contribution in [0, 0.1) is 11.3 Å². The molecule has 0 bridgehead atoms. The van der Waals surface area contributed by atoms with Gasteiger partial charge in [0.05, 0.1) is 55.8 Å². The molecule has 75 heavy (non-hydrogen) atoms. The van der Waals surface area contributed by atoms with Gasteiger partial charge in [0.1, 0.15) is 17.2 Å². The van der Waals surface area contributed by atoms with Crippen LogP contribution in [-0.4, -0.2) is 19.1 Å². The van der Waals surface area contributed by atoms with Crippen molar-refractivity contribution in [1.82, 2.24) is 19.1 Å². The third-order valence-corrected chi connectivity index (χ3v) is 15.4. The van der Waals surface area contributed by atoms with E-state index in [1.807, 2.05) is 42.5 Å². The van der Waals surface area contributed by atoms with Crippen molar-refractivity contribution in [3.63, 3.8) is 0 Å². The van der Waals surface area contributed by atoms with E-state index in [1.54, 1.807) is 0 Å². The molecule has 0 saturated carbocycles. The highest BCUT2D eigenvalue weighted by molar-refractivity contribution is 6.19. The fraction of sp³-hybridized carbons (Fsp3) is 0.232. The lowest BCUT2D eigenvalue weighted by Gasteiger charge is -2.22. The molecule has 0 aliphatic heterocycles. The van der Waals surface area contributed by atoms with Crippen LogP contribution in [0.15, 0.2) is 168 Å². The lowest BCUT2D eigenvalue weighted by Crippen LogP contribution is -2.11. The minimum Gasteiger partial charge on any atom is -0.455 e. The van der Waals surface area contributed by atoms with Gasteiger partial charge < -0.3 is 13.6 Å². The van der Waals surface area contributed by atoms with Gasteiger partial charge in [0.15, 0.2) is 5.82 Å². The van der Waals surface area contributed by atoms with Gasteiger partial charge in [0.2, 0.25) is 0 Å². The van der Waals surface area contributed by atoms with Crippen LogP contribution in [0.4, 0.5) is 0 Å². The predicted molar refractivity (Wildman–Crippen MR) is 314 cm³/mol. The minimum absolute atomic E-state index is 0.0896. The molecule has 0 N–H and O–H groups in total. The van der Waals surface area contributed by atoms with Crippen molar-refractivity contribution in [3.05, 3.63) is 192 Å². The first-order chi connectivity index (χ1) is 35.7. The molecule has 0 spiro atoms. The van der Waals surface area contributed by atoms with E-state index in [0.29, 0.717) is 22.6 Å². The summed E-state index contributed by atoms with van der Waals surface area (Å²) >= 11 is 0. The normalized spacial score (nSPS) is 12.8. The molecule has 6 heteroatoms. The molecule has 12 aromatic rings. The van der Waals surface area contributed by atoms with E-state index in [-0.39, 0.29) is 21.7 Å². The number of para-hydroxylation sites is 1. The van der Waals surface area contributed by atoms with Gasteiger partial charge in [-0.05, 0) is 105 Å². The highest BCUT2D eigenvalue weighted by atomic mass is 16.3. The number of furan rings is 1. The van der Waals surface area contributed by atoms with Crippen LogP contribution >= 0.6 is 0 Å². The Bertz CT molecular complexity index is 4120. The second-order valence-electron chi connectivity index (χ2n) is 24.7. The van der Waals surface area contributed by atoms with E-state index in [9.17, 15) is 5.26 Å². The molecular formula is C69H63N5O. The van der Waals surface area contributed by atoms with Crippen LogP contribution in [0.2, 0.25) is 0 Å². The average molecular weight is 978 g/mol. The third kappa shape index (κ3) is 7.91. The van der Waals surface area contributed by atoms with Crippen molar-refractivity contribution in [1.29, 1.82) is 5.26 Å². The topological polar surface area (TPSA) is 72.6 Å². The van der Waals surface area contributed by atoms with Crippen LogP contribution < -0.4 is 0 Å². The van der Waals surface area contributed by atoms with Crippen molar-refractivity contribution in [2.24, 2.45) is 0 Å². The second-order valence-corrected chi connectivity index (χ2v) is 24.7. The van der Waals surface area contributed by atoms with Crippen LogP contribution in [0.3, 0.4) is 0 Å². The summed E-state index contributed by atoms with van der Waals surface area (Å²) in [5.74, 6) is 0.625. The first-order valence-electron chi connectivity index (χ1n) is 26.3. The molecule has 0 atom stereocenters. The summed E-state index contributed by atoms with van der Waals surface area (Å²) in [4.78, 5) is 10.4. The number of hydrogen-bond acceptors (Lipinski definition) is 4. The largest absolute Gasteiger partial charge is 0.455 e. The zero-order valence-corrected chi connectivity index (χ0v) is 45.2. The standard InChI is InChI=1S/C69H63N5O/c1-66(2,3)44-26-30-56-50(35-44)51-36-45(67(4,5)6)27-31-57(51)73(56)62-43(40-70)34-60-61(63(62)74-58-32-28-46(68(7,8)9)37-52(58)53-38-47(69(10,11)12)29-33-59(53)74)49-25-19-24-48(64(49)75-60)55-39-54(41-20-15-13-16-21-41)71-65(72-55)42-22-17-14-18-23-42/h13-39H,1-12H3. The number of aromatic nitrogens is 4. The lowest BCUT2D eigenvalue weighted by atomic mass is 9.85. The highest BCUT2D eigenvalue weighted by Gasteiger charge is 2.31. The Balaban J connectivity index is 1.27. The molecule has 0 unspecified atom stereocenters. The monoisotopic (exact) mass is 978 g/mol. The average Bonchev–Trinajstić information content (AvgIpc) is 4.08. The predicted octanol–water partition coefficient (Wildman–Crippen LogP) is 18.6. The summed E-state index contributed by atoms with van der Waals surface area (Å²) < 4.78 is 12.1. The second kappa shape index (κ2) is 16.9. The van der Waals surface area contributed by atoms with Gasteiger partial charge in [-0.25, -0.2) is 9.97 Å². The first-order valence-corrected chi connectivity index (χ1v) is 26.3. The van der Waals surface area contributed by atoms with Gasteiger partial charge in [0, 0.05) is 49.7 Å². The van der Waals surface area contributed by atoms with E-state index in [1.165, 1.54) is 22.3 Å². The van der Waals surface area contributed by atoms with E-state index in [0.717, 1.165) is 93.8 Å². The molecule has 0 aliphatic rings. The summed E-state index contributed by atoms with van der Waals surface area (Å²) in [6.45, 7) is 27.3. The van der Waals surface area contributed by atoms with Crippen molar-refractivity contribution in [2.45, 2.75) is 105 Å². The number of hydrogen-bond donors (Lipinski definition) is 0. The zero-order valence-electron chi connectivity index (χ0n) is 45.2. The summed E-state index contributed by atoms with van der Waals surface area (Å²) in [5, 5.41) is 18.2. The molecule has 0 radical (unpaired) electrons. The van der Waals surface area contributed by atoms with Gasteiger partial charge >= 0.3 is 0 Å². The highest BCUT2D eigenvalue weighted by Crippen LogP contribution is 2.48. The fourth-order valence-corrected chi connectivity index (χ4v) is 11.1. The van der Waals surface area contributed by atoms with Crippen molar-refractivity contribution in [2.75, 3.05) is 0 Å². The number of fused-ring (bicyclic) bond motifs is 9. The molecule has 0 saturated heterocycles. The SMILES string of the molecule is CC(C)(C)c1ccc2c(c1)c1cc(C(C)(C)C)ccc1n2-c1c(C#N)cc2oc3c(-c4cc(-c5ccccc5)nc(-c5ccccc5)n4)cccc3c2c1-n1c2ccc(C(C)(C)C)cc2c2cc(C(C)(C)C)ccc21. The maximum Gasteiger partial charge on any atom is 0.160 e. The molecule has 12 rings (SSSR count). The van der Waals surface area contributed by atoms with Gasteiger partial charge in [-0.3, -0.25) is 0 Å². The first kappa shape index (κ1) is 47.7. The number of benzene rings is 8. The van der Waals surface area contributed by atoms with Gasteiger partial charge in [0.25, 0.3) is 0 Å². The lowest BCUT2D eigenvalue weighted by molar-refractivity contribution is 0.590. The maximum atomic E-state index is 11.8. The minimum atomic E-state index is -0.0941. The summed E-state index contributed by atoms with van der Waals surface area (Å²) in [6, 6.07) is 61.4. The van der Waals surface area contributed by atoms with E-state index in [4.69, 9.17) is 14.4 Å². The summed E-state index contributed by atoms with van der Waals surface area (Å²) in [7, 11) is 0. The van der Waals surface area contributed by atoms with Crippen LogP contribution in [0.25, 0.3) is 111 Å². The quantitative estimate of drug-likeness (QED) is 0.172. The molecule has 4 aromatic heterocycles. The Labute approximate surface area is 439 Å². The fourth-order valence-electron chi connectivity index (χ4n) is 11.1. The maximum absolute atomic E-state index is 11.8. The molecule has 6 nitrogen and oxygen atoms in total. The number of nitrogens with zero attached hydrogens (tertiary/aromatic N) is 5. The van der Waals surface area contributed by atoms with Crippen molar-refractivity contribution >= 4 is 65.6 Å². The van der Waals surface area contributed by atoms with E-state index in [2.05, 4.69) is 220 Å². The Morgan fingerprint density at radius 2 is 0.840 bits per heavy atom. The van der Waals surface area contributed by atoms with Crippen LogP contribution in [-0.2, 0) is 21.7 Å². The molecule has 8 aromatic carbocycles. The van der Waals surface area contributed by atoms with Crippen LogP contribution in [0.5, 0.6) is 0 Å². The van der Waals surface area contributed by atoms with Gasteiger partial charge in [-0.2, -0.15) is 5.26 Å². The number of rotatable bonds is 5. The molecule has 370 valence electrons.